The minimum absolute atomic E-state index is 0.0211. The molecule has 0 saturated heterocycles. The quantitative estimate of drug-likeness (QED) is 0.424. The van der Waals surface area contributed by atoms with E-state index in [1.807, 2.05) is 6.92 Å². The van der Waals surface area contributed by atoms with E-state index in [2.05, 4.69) is 4.99 Å². The Labute approximate surface area is 92.8 Å². The van der Waals surface area contributed by atoms with E-state index in [9.17, 15) is 8.78 Å². The number of halogens is 3. The van der Waals surface area contributed by atoms with Crippen molar-refractivity contribution >= 4 is 17.8 Å². The van der Waals surface area contributed by atoms with Gasteiger partial charge < -0.3 is 0 Å². The van der Waals surface area contributed by atoms with Crippen LogP contribution in [0.3, 0.4) is 0 Å². The Bertz CT molecular complexity index is 364. The predicted octanol–water partition coefficient (Wildman–Crippen LogP) is 3.84. The van der Waals surface area contributed by atoms with Gasteiger partial charge >= 0.3 is 0 Å². The lowest BCUT2D eigenvalue weighted by molar-refractivity contribution is 0.599. The summed E-state index contributed by atoms with van der Waals surface area (Å²) in [7, 11) is 0. The van der Waals surface area contributed by atoms with E-state index in [1.54, 1.807) is 0 Å². The molecule has 0 aliphatic carbocycles. The Balaban J connectivity index is 2.84. The number of unbranched alkanes of at least 4 members (excludes halogenated alkanes) is 1. The van der Waals surface area contributed by atoms with E-state index in [1.165, 1.54) is 6.21 Å². The minimum atomic E-state index is -0.630. The fraction of sp³-hybridized carbons (Fsp3) is 0.364. The molecule has 15 heavy (non-hydrogen) atoms. The van der Waals surface area contributed by atoms with E-state index >= 15 is 0 Å². The van der Waals surface area contributed by atoms with Gasteiger partial charge in [0.2, 0.25) is 0 Å². The molecular weight excluding hydrogens is 220 g/mol. The average molecular weight is 232 g/mol. The van der Waals surface area contributed by atoms with Gasteiger partial charge in [-0.15, -0.1) is 0 Å². The first-order chi connectivity index (χ1) is 7.16. The number of rotatable bonds is 4. The highest BCUT2D eigenvalue weighted by molar-refractivity contribution is 6.33. The first-order valence-corrected chi connectivity index (χ1v) is 5.18. The van der Waals surface area contributed by atoms with Gasteiger partial charge in [-0.2, -0.15) is 0 Å². The summed E-state index contributed by atoms with van der Waals surface area (Å²) in [6, 6.07) is 2.05. The number of hydrogen-bond acceptors (Lipinski definition) is 1. The first kappa shape index (κ1) is 12.1. The van der Waals surface area contributed by atoms with Crippen LogP contribution >= 0.6 is 11.6 Å². The van der Waals surface area contributed by atoms with Crippen molar-refractivity contribution < 1.29 is 8.78 Å². The van der Waals surface area contributed by atoms with Gasteiger partial charge in [-0.05, 0) is 18.6 Å². The van der Waals surface area contributed by atoms with Gasteiger partial charge in [-0.3, -0.25) is 4.99 Å². The van der Waals surface area contributed by atoms with Crippen molar-refractivity contribution in [1.29, 1.82) is 0 Å². The lowest BCUT2D eigenvalue weighted by atomic mass is 10.2. The van der Waals surface area contributed by atoms with Gasteiger partial charge in [-0.25, -0.2) is 8.78 Å². The summed E-state index contributed by atoms with van der Waals surface area (Å²) in [5.74, 6) is -1.18. The molecule has 0 aliphatic heterocycles. The molecule has 0 heterocycles. The van der Waals surface area contributed by atoms with E-state index in [-0.39, 0.29) is 10.6 Å². The highest BCUT2D eigenvalue weighted by Crippen LogP contribution is 2.20. The Morgan fingerprint density at radius 2 is 2.00 bits per heavy atom. The van der Waals surface area contributed by atoms with Gasteiger partial charge in [0.05, 0.1) is 5.02 Å². The highest BCUT2D eigenvalue weighted by Gasteiger charge is 2.09. The molecule has 0 aliphatic rings. The molecule has 1 rings (SSSR count). The standard InChI is InChI=1S/C11H12ClF2N/c1-2-3-6-15-7-8-9(13)4-5-10(14)11(8)12/h4-5,7H,2-3,6H2,1H3. The largest absolute Gasteiger partial charge is 0.292 e. The van der Waals surface area contributed by atoms with Gasteiger partial charge in [0.15, 0.2) is 0 Å². The Morgan fingerprint density at radius 3 is 2.67 bits per heavy atom. The van der Waals surface area contributed by atoms with Gasteiger partial charge in [0.25, 0.3) is 0 Å². The van der Waals surface area contributed by atoms with E-state index in [0.29, 0.717) is 6.54 Å². The van der Waals surface area contributed by atoms with Gasteiger partial charge in [0, 0.05) is 18.3 Å². The molecule has 0 spiro atoms. The Morgan fingerprint density at radius 1 is 1.33 bits per heavy atom. The molecule has 0 radical (unpaired) electrons. The third-order valence-corrected chi connectivity index (χ3v) is 2.32. The summed E-state index contributed by atoms with van der Waals surface area (Å²) >= 11 is 5.61. The summed E-state index contributed by atoms with van der Waals surface area (Å²) < 4.78 is 26.2. The fourth-order valence-electron chi connectivity index (χ4n) is 1.07. The van der Waals surface area contributed by atoms with Crippen LogP contribution in [-0.2, 0) is 0 Å². The normalized spacial score (nSPS) is 11.2. The number of benzene rings is 1. The smallest absolute Gasteiger partial charge is 0.142 e. The van der Waals surface area contributed by atoms with E-state index < -0.39 is 11.6 Å². The second-order valence-electron chi connectivity index (χ2n) is 3.15. The molecular formula is C11H12ClF2N. The lowest BCUT2D eigenvalue weighted by Crippen LogP contribution is -1.94. The van der Waals surface area contributed by atoms with Crippen molar-refractivity contribution in [2.45, 2.75) is 19.8 Å². The van der Waals surface area contributed by atoms with Crippen molar-refractivity contribution in [1.82, 2.24) is 0 Å². The summed E-state index contributed by atoms with van der Waals surface area (Å²) in [6.45, 7) is 2.63. The molecule has 0 aromatic heterocycles. The van der Waals surface area contributed by atoms with Crippen molar-refractivity contribution in [2.24, 2.45) is 4.99 Å². The average Bonchev–Trinajstić information content (AvgIpc) is 2.23. The second kappa shape index (κ2) is 5.81. The zero-order valence-electron chi connectivity index (χ0n) is 8.43. The first-order valence-electron chi connectivity index (χ1n) is 4.80. The van der Waals surface area contributed by atoms with Crippen molar-refractivity contribution in [2.75, 3.05) is 6.54 Å². The van der Waals surface area contributed by atoms with Crippen LogP contribution in [0.2, 0.25) is 5.02 Å². The molecule has 0 fully saturated rings. The van der Waals surface area contributed by atoms with Crippen LogP contribution in [0, 0.1) is 11.6 Å². The Hall–Kier alpha value is -0.960. The predicted molar refractivity (Wildman–Crippen MR) is 58.7 cm³/mol. The van der Waals surface area contributed by atoms with E-state index in [0.717, 1.165) is 25.0 Å². The highest BCUT2D eigenvalue weighted by atomic mass is 35.5. The van der Waals surface area contributed by atoms with Crippen molar-refractivity contribution in [3.05, 3.63) is 34.4 Å². The van der Waals surface area contributed by atoms with Gasteiger partial charge in [-0.1, -0.05) is 24.9 Å². The van der Waals surface area contributed by atoms with E-state index in [4.69, 9.17) is 11.6 Å². The molecule has 1 nitrogen and oxygen atoms in total. The summed E-state index contributed by atoms with van der Waals surface area (Å²) in [5, 5.41) is -0.213. The third-order valence-electron chi connectivity index (χ3n) is 1.94. The monoisotopic (exact) mass is 231 g/mol. The molecule has 0 atom stereocenters. The molecule has 82 valence electrons. The van der Waals surface area contributed by atoms with Crippen LogP contribution in [0.1, 0.15) is 25.3 Å². The molecule has 0 amide bonds. The SMILES string of the molecule is CCCCN=Cc1c(F)ccc(F)c1Cl. The van der Waals surface area contributed by atoms with Crippen molar-refractivity contribution in [3.63, 3.8) is 0 Å². The maximum Gasteiger partial charge on any atom is 0.142 e. The molecule has 0 unspecified atom stereocenters. The fourth-order valence-corrected chi connectivity index (χ4v) is 1.27. The summed E-state index contributed by atoms with van der Waals surface area (Å²) in [5.41, 5.74) is 0.0211. The molecule has 0 N–H and O–H groups in total. The number of nitrogens with zero attached hydrogens (tertiary/aromatic N) is 1. The molecule has 1 aromatic carbocycles. The number of hydrogen-bond donors (Lipinski definition) is 0. The molecule has 4 heteroatoms. The van der Waals surface area contributed by atoms with Crippen LogP contribution in [-0.4, -0.2) is 12.8 Å². The van der Waals surface area contributed by atoms with Gasteiger partial charge in [0.1, 0.15) is 11.6 Å². The maximum atomic E-state index is 13.2. The van der Waals surface area contributed by atoms with Crippen LogP contribution in [0.5, 0.6) is 0 Å². The van der Waals surface area contributed by atoms with Crippen LogP contribution in [0.15, 0.2) is 17.1 Å². The number of aliphatic imine (C=N–C) groups is 1. The maximum absolute atomic E-state index is 13.2. The summed E-state index contributed by atoms with van der Waals surface area (Å²) in [4.78, 5) is 3.98. The zero-order chi connectivity index (χ0) is 11.3. The van der Waals surface area contributed by atoms with Crippen molar-refractivity contribution in [3.8, 4) is 0 Å². The molecule has 0 saturated carbocycles. The second-order valence-corrected chi connectivity index (χ2v) is 3.52. The summed E-state index contributed by atoms with van der Waals surface area (Å²) in [6.07, 6.45) is 3.22. The molecule has 1 aromatic rings. The third kappa shape index (κ3) is 3.27. The van der Waals surface area contributed by atoms with Crippen LogP contribution in [0.25, 0.3) is 0 Å². The van der Waals surface area contributed by atoms with Crippen LogP contribution in [0.4, 0.5) is 8.78 Å². The minimum Gasteiger partial charge on any atom is -0.292 e. The Kier molecular flexibility index (Phi) is 4.69. The van der Waals surface area contributed by atoms with Crippen LogP contribution < -0.4 is 0 Å². The zero-order valence-corrected chi connectivity index (χ0v) is 9.19. The topological polar surface area (TPSA) is 12.4 Å². The lowest BCUT2D eigenvalue weighted by Gasteiger charge is -2.00. The molecule has 0 bridgehead atoms.